The van der Waals surface area contributed by atoms with Crippen molar-refractivity contribution in [3.8, 4) is 0 Å². The lowest BCUT2D eigenvalue weighted by Gasteiger charge is -2.24. The highest BCUT2D eigenvalue weighted by Crippen LogP contribution is 2.05. The number of aliphatic hydroxyl groups is 1. The molecule has 0 heterocycles. The minimum Gasteiger partial charge on any atom is -0.480 e. The van der Waals surface area contributed by atoms with Gasteiger partial charge in [0.2, 0.25) is 17.7 Å². The molecule has 0 radical (unpaired) electrons. The molecule has 0 saturated carbocycles. The first-order chi connectivity index (χ1) is 10.6. The fourth-order valence-electron chi connectivity index (χ4n) is 1.68. The first kappa shape index (κ1) is 20.8. The van der Waals surface area contributed by atoms with Crippen LogP contribution in [-0.2, 0) is 19.2 Å². The Labute approximate surface area is 133 Å². The van der Waals surface area contributed by atoms with Crippen molar-refractivity contribution in [2.24, 2.45) is 17.4 Å². The van der Waals surface area contributed by atoms with Gasteiger partial charge in [-0.1, -0.05) is 13.8 Å². The Bertz CT molecular complexity index is 454. The maximum Gasteiger partial charge on any atom is 0.326 e. The Morgan fingerprint density at radius 2 is 1.65 bits per heavy atom. The Morgan fingerprint density at radius 3 is 2.04 bits per heavy atom. The number of nitrogens with two attached hydrogens (primary N) is 2. The van der Waals surface area contributed by atoms with Crippen molar-refractivity contribution in [2.75, 3.05) is 6.61 Å². The van der Waals surface area contributed by atoms with E-state index in [2.05, 4.69) is 10.6 Å². The third-order valence-electron chi connectivity index (χ3n) is 3.07. The average Bonchev–Trinajstić information content (AvgIpc) is 2.46. The standard InChI is InChI=1S/C13H24N4O6/c1-6(2)10(17-11(20)7(14)5-18)12(21)16-8(13(22)23)3-4-9(15)19/h6-8,10,18H,3-5,14H2,1-2H3,(H2,15,19)(H,16,21)(H,17,20)(H,22,23). The maximum absolute atomic E-state index is 12.2. The molecule has 10 heteroatoms. The smallest absolute Gasteiger partial charge is 0.326 e. The van der Waals surface area contributed by atoms with Crippen LogP contribution in [0.1, 0.15) is 26.7 Å². The summed E-state index contributed by atoms with van der Waals surface area (Å²) in [6, 6.07) is -3.52. The van der Waals surface area contributed by atoms with Gasteiger partial charge in [0, 0.05) is 6.42 Å². The van der Waals surface area contributed by atoms with E-state index in [1.54, 1.807) is 13.8 Å². The summed E-state index contributed by atoms with van der Waals surface area (Å²) in [7, 11) is 0. The summed E-state index contributed by atoms with van der Waals surface area (Å²) in [5, 5.41) is 22.5. The second-order valence-electron chi connectivity index (χ2n) is 5.42. The van der Waals surface area contributed by atoms with Crippen molar-refractivity contribution in [1.82, 2.24) is 10.6 Å². The van der Waals surface area contributed by atoms with Gasteiger partial charge >= 0.3 is 5.97 Å². The van der Waals surface area contributed by atoms with Gasteiger partial charge in [-0.2, -0.15) is 0 Å². The first-order valence-corrected chi connectivity index (χ1v) is 7.08. The minimum absolute atomic E-state index is 0.161. The third-order valence-corrected chi connectivity index (χ3v) is 3.07. The van der Waals surface area contributed by atoms with Gasteiger partial charge in [-0.15, -0.1) is 0 Å². The summed E-state index contributed by atoms with van der Waals surface area (Å²) in [4.78, 5) is 45.7. The fourth-order valence-corrected chi connectivity index (χ4v) is 1.68. The predicted molar refractivity (Wildman–Crippen MR) is 79.8 cm³/mol. The van der Waals surface area contributed by atoms with E-state index >= 15 is 0 Å². The molecule has 0 aliphatic carbocycles. The number of primary amides is 1. The van der Waals surface area contributed by atoms with E-state index in [-0.39, 0.29) is 18.8 Å². The maximum atomic E-state index is 12.2. The Hall–Kier alpha value is -2.20. The molecule has 0 fully saturated rings. The van der Waals surface area contributed by atoms with Crippen molar-refractivity contribution in [2.45, 2.75) is 44.8 Å². The Balaban J connectivity index is 4.91. The predicted octanol–water partition coefficient (Wildman–Crippen LogP) is -2.72. The normalized spacial score (nSPS) is 14.7. The summed E-state index contributed by atoms with van der Waals surface area (Å²) in [6.07, 6.45) is -0.364. The molecule has 10 nitrogen and oxygen atoms in total. The van der Waals surface area contributed by atoms with Crippen LogP contribution in [0, 0.1) is 5.92 Å². The lowest BCUT2D eigenvalue weighted by Crippen LogP contribution is -2.56. The van der Waals surface area contributed by atoms with Crippen molar-refractivity contribution in [1.29, 1.82) is 0 Å². The lowest BCUT2D eigenvalue weighted by molar-refractivity contribution is -0.142. The molecule has 0 aromatic carbocycles. The molecule has 0 rings (SSSR count). The fraction of sp³-hybridized carbons (Fsp3) is 0.692. The highest BCUT2D eigenvalue weighted by Gasteiger charge is 2.29. The molecule has 0 aromatic heterocycles. The Kier molecular flexibility index (Phi) is 8.81. The molecule has 0 aliphatic rings. The van der Waals surface area contributed by atoms with Gasteiger partial charge in [0.1, 0.15) is 18.1 Å². The van der Waals surface area contributed by atoms with E-state index < -0.39 is 48.4 Å². The zero-order valence-corrected chi connectivity index (χ0v) is 13.1. The summed E-state index contributed by atoms with van der Waals surface area (Å²) in [5.74, 6) is -3.82. The number of carbonyl (C=O) groups is 4. The van der Waals surface area contributed by atoms with Crippen molar-refractivity contribution < 1.29 is 29.4 Å². The van der Waals surface area contributed by atoms with Crippen molar-refractivity contribution >= 4 is 23.7 Å². The number of nitrogens with one attached hydrogen (secondary N) is 2. The molecular weight excluding hydrogens is 308 g/mol. The summed E-state index contributed by atoms with van der Waals surface area (Å²) < 4.78 is 0. The number of amides is 3. The number of rotatable bonds is 10. The number of aliphatic carboxylic acids is 1. The summed E-state index contributed by atoms with van der Waals surface area (Å²) in [6.45, 7) is 2.71. The van der Waals surface area contributed by atoms with Gasteiger partial charge in [-0.05, 0) is 12.3 Å². The Morgan fingerprint density at radius 1 is 1.09 bits per heavy atom. The van der Waals surface area contributed by atoms with Crippen LogP contribution < -0.4 is 22.1 Å². The number of carboxylic acids is 1. The molecule has 0 aromatic rings. The number of hydrogen-bond acceptors (Lipinski definition) is 6. The first-order valence-electron chi connectivity index (χ1n) is 7.08. The molecule has 8 N–H and O–H groups in total. The van der Waals surface area contributed by atoms with Crippen LogP contribution in [0.5, 0.6) is 0 Å². The number of hydrogen-bond donors (Lipinski definition) is 6. The molecule has 0 saturated heterocycles. The molecule has 0 bridgehead atoms. The van der Waals surface area contributed by atoms with Crippen LogP contribution in [0.3, 0.4) is 0 Å². The third kappa shape index (κ3) is 7.56. The quantitative estimate of drug-likeness (QED) is 0.251. The van der Waals surface area contributed by atoms with Crippen molar-refractivity contribution in [3.05, 3.63) is 0 Å². The second-order valence-corrected chi connectivity index (χ2v) is 5.42. The van der Waals surface area contributed by atoms with E-state index in [1.807, 2.05) is 0 Å². The molecule has 0 spiro atoms. The topological polar surface area (TPSA) is 185 Å². The molecule has 3 unspecified atom stereocenters. The molecular formula is C13H24N4O6. The highest BCUT2D eigenvalue weighted by molar-refractivity contribution is 5.92. The largest absolute Gasteiger partial charge is 0.480 e. The van der Waals surface area contributed by atoms with Gasteiger partial charge < -0.3 is 32.3 Å². The van der Waals surface area contributed by atoms with E-state index in [9.17, 15) is 19.2 Å². The molecule has 132 valence electrons. The van der Waals surface area contributed by atoms with Crippen LogP contribution in [0.15, 0.2) is 0 Å². The average molecular weight is 332 g/mol. The van der Waals surface area contributed by atoms with Crippen LogP contribution >= 0.6 is 0 Å². The van der Waals surface area contributed by atoms with Gasteiger partial charge in [0.25, 0.3) is 0 Å². The summed E-state index contributed by atoms with van der Waals surface area (Å²) >= 11 is 0. The van der Waals surface area contributed by atoms with E-state index in [1.165, 1.54) is 0 Å². The molecule has 3 amide bonds. The van der Waals surface area contributed by atoms with E-state index in [4.69, 9.17) is 21.7 Å². The van der Waals surface area contributed by atoms with Crippen LogP contribution in [0.25, 0.3) is 0 Å². The second kappa shape index (κ2) is 9.74. The van der Waals surface area contributed by atoms with E-state index in [0.717, 1.165) is 0 Å². The SMILES string of the molecule is CC(C)C(NC(=O)C(N)CO)C(=O)NC(CCC(N)=O)C(=O)O. The number of aliphatic hydroxyl groups excluding tert-OH is 1. The zero-order valence-electron chi connectivity index (χ0n) is 13.1. The number of carboxylic acid groups (broad SMARTS) is 1. The zero-order chi connectivity index (χ0) is 18.2. The van der Waals surface area contributed by atoms with Gasteiger partial charge in [-0.3, -0.25) is 14.4 Å². The van der Waals surface area contributed by atoms with E-state index in [0.29, 0.717) is 0 Å². The van der Waals surface area contributed by atoms with Crippen LogP contribution in [0.4, 0.5) is 0 Å². The lowest BCUT2D eigenvalue weighted by atomic mass is 10.0. The summed E-state index contributed by atoms with van der Waals surface area (Å²) in [5.41, 5.74) is 10.3. The minimum atomic E-state index is -1.32. The monoisotopic (exact) mass is 332 g/mol. The van der Waals surface area contributed by atoms with Crippen LogP contribution in [-0.4, -0.2) is 58.6 Å². The molecule has 3 atom stereocenters. The van der Waals surface area contributed by atoms with Crippen molar-refractivity contribution in [3.63, 3.8) is 0 Å². The molecule has 0 aliphatic heterocycles. The van der Waals surface area contributed by atoms with Gasteiger partial charge in [-0.25, -0.2) is 4.79 Å². The molecule has 23 heavy (non-hydrogen) atoms. The van der Waals surface area contributed by atoms with Gasteiger partial charge in [0.15, 0.2) is 0 Å². The van der Waals surface area contributed by atoms with Gasteiger partial charge in [0.05, 0.1) is 6.61 Å². The number of carbonyl (C=O) groups excluding carboxylic acids is 3. The highest BCUT2D eigenvalue weighted by atomic mass is 16.4. The van der Waals surface area contributed by atoms with Crippen LogP contribution in [0.2, 0.25) is 0 Å².